The Balaban J connectivity index is 3.64. The summed E-state index contributed by atoms with van der Waals surface area (Å²) in [5.74, 6) is 0. The van der Waals surface area contributed by atoms with Crippen molar-refractivity contribution in [1.29, 1.82) is 0 Å². The van der Waals surface area contributed by atoms with E-state index in [-0.39, 0.29) is 6.29 Å². The molecule has 0 fully saturated rings. The fourth-order valence-electron chi connectivity index (χ4n) is 2.55. The van der Waals surface area contributed by atoms with Gasteiger partial charge in [0.1, 0.15) is 0 Å². The summed E-state index contributed by atoms with van der Waals surface area (Å²) in [6.45, 7) is 9.81. The molecule has 1 unspecified atom stereocenters. The first-order valence-corrected chi connectivity index (χ1v) is 10.8. The zero-order valence-corrected chi connectivity index (χ0v) is 17.3. The van der Waals surface area contributed by atoms with Crippen LogP contribution in [0, 0.1) is 0 Å². The summed E-state index contributed by atoms with van der Waals surface area (Å²) < 4.78 is 17.5. The topological polar surface area (TPSA) is 27.7 Å². The number of ether oxygens (including phenoxy) is 3. The van der Waals surface area contributed by atoms with Crippen LogP contribution in [0.15, 0.2) is 12.2 Å². The van der Waals surface area contributed by atoms with Crippen LogP contribution in [0.4, 0.5) is 0 Å². The van der Waals surface area contributed by atoms with E-state index >= 15 is 0 Å². The molecule has 150 valence electrons. The van der Waals surface area contributed by atoms with Crippen molar-refractivity contribution in [2.24, 2.45) is 0 Å². The normalized spacial score (nSPS) is 12.9. The Morgan fingerprint density at radius 3 is 2.00 bits per heavy atom. The van der Waals surface area contributed by atoms with E-state index in [0.717, 1.165) is 58.5 Å². The SMILES string of the molecule is C/C=C/CCCCCCCOC(CCCOCCCC)OCCCC. The lowest BCUT2D eigenvalue weighted by Crippen LogP contribution is -2.19. The minimum atomic E-state index is -0.0454. The first-order valence-electron chi connectivity index (χ1n) is 10.8. The van der Waals surface area contributed by atoms with E-state index in [1.165, 1.54) is 44.9 Å². The van der Waals surface area contributed by atoms with Gasteiger partial charge in [0, 0.05) is 32.8 Å². The molecule has 0 bridgehead atoms. The molecule has 0 aromatic rings. The van der Waals surface area contributed by atoms with E-state index < -0.39 is 0 Å². The number of rotatable bonds is 20. The van der Waals surface area contributed by atoms with Crippen molar-refractivity contribution in [3.63, 3.8) is 0 Å². The van der Waals surface area contributed by atoms with Gasteiger partial charge in [0.2, 0.25) is 0 Å². The Hall–Kier alpha value is -0.380. The highest BCUT2D eigenvalue weighted by Crippen LogP contribution is 2.10. The Morgan fingerprint density at radius 1 is 0.680 bits per heavy atom. The molecular weight excluding hydrogens is 312 g/mol. The van der Waals surface area contributed by atoms with E-state index in [1.54, 1.807) is 0 Å². The summed E-state index contributed by atoms with van der Waals surface area (Å²) in [6, 6.07) is 0. The maximum Gasteiger partial charge on any atom is 0.157 e. The van der Waals surface area contributed by atoms with Gasteiger partial charge in [-0.1, -0.05) is 58.1 Å². The summed E-state index contributed by atoms with van der Waals surface area (Å²) >= 11 is 0. The zero-order chi connectivity index (χ0) is 18.4. The van der Waals surface area contributed by atoms with Crippen molar-refractivity contribution >= 4 is 0 Å². The zero-order valence-electron chi connectivity index (χ0n) is 17.3. The van der Waals surface area contributed by atoms with Crippen molar-refractivity contribution in [3.8, 4) is 0 Å². The molecule has 3 nitrogen and oxygen atoms in total. The first kappa shape index (κ1) is 24.6. The third-order valence-electron chi connectivity index (χ3n) is 4.23. The summed E-state index contributed by atoms with van der Waals surface area (Å²) in [6.07, 6.45) is 18.5. The quantitative estimate of drug-likeness (QED) is 0.139. The maximum atomic E-state index is 5.97. The Labute approximate surface area is 157 Å². The Kier molecular flexibility index (Phi) is 21.3. The molecule has 3 heteroatoms. The van der Waals surface area contributed by atoms with Gasteiger partial charge in [-0.2, -0.15) is 0 Å². The molecule has 0 radical (unpaired) electrons. The standard InChI is InChI=1S/C22H44O3/c1-4-7-10-11-12-13-14-15-21-25-22(24-20-9-6-3)17-16-19-23-18-8-5-2/h4,7,22H,5-6,8-21H2,1-3H3/b7-4+. The van der Waals surface area contributed by atoms with Crippen LogP contribution in [0.3, 0.4) is 0 Å². The van der Waals surface area contributed by atoms with Gasteiger partial charge < -0.3 is 14.2 Å². The predicted octanol–water partition coefficient (Wildman–Crippen LogP) is 6.66. The third-order valence-corrected chi connectivity index (χ3v) is 4.23. The molecule has 1 atom stereocenters. The molecular formula is C22H44O3. The Morgan fingerprint density at radius 2 is 1.28 bits per heavy atom. The molecule has 0 aromatic carbocycles. The van der Waals surface area contributed by atoms with E-state index in [4.69, 9.17) is 14.2 Å². The smallest absolute Gasteiger partial charge is 0.157 e. The second kappa shape index (κ2) is 21.7. The molecule has 0 spiro atoms. The van der Waals surface area contributed by atoms with Crippen molar-refractivity contribution in [3.05, 3.63) is 12.2 Å². The second-order valence-corrected chi connectivity index (χ2v) is 6.76. The first-order chi connectivity index (χ1) is 12.3. The predicted molar refractivity (Wildman–Crippen MR) is 108 cm³/mol. The van der Waals surface area contributed by atoms with Crippen LogP contribution in [-0.4, -0.2) is 32.7 Å². The molecule has 0 saturated carbocycles. The highest BCUT2D eigenvalue weighted by atomic mass is 16.7. The van der Waals surface area contributed by atoms with Gasteiger partial charge in [0.15, 0.2) is 6.29 Å². The molecule has 0 aromatic heterocycles. The van der Waals surface area contributed by atoms with Crippen LogP contribution in [0.1, 0.15) is 97.8 Å². The average Bonchev–Trinajstić information content (AvgIpc) is 2.62. The highest BCUT2D eigenvalue weighted by Gasteiger charge is 2.09. The number of unbranched alkanes of at least 4 members (excludes halogenated alkanes) is 7. The van der Waals surface area contributed by atoms with Gasteiger partial charge in [0.25, 0.3) is 0 Å². The van der Waals surface area contributed by atoms with Gasteiger partial charge in [0.05, 0.1) is 0 Å². The van der Waals surface area contributed by atoms with Crippen molar-refractivity contribution in [2.45, 2.75) is 104 Å². The molecule has 0 rings (SSSR count). The van der Waals surface area contributed by atoms with E-state index in [2.05, 4.69) is 32.9 Å². The summed E-state index contributed by atoms with van der Waals surface area (Å²) in [7, 11) is 0. The van der Waals surface area contributed by atoms with Crippen LogP contribution in [0.25, 0.3) is 0 Å². The maximum absolute atomic E-state index is 5.97. The minimum Gasteiger partial charge on any atom is -0.381 e. The fourth-order valence-corrected chi connectivity index (χ4v) is 2.55. The van der Waals surface area contributed by atoms with Gasteiger partial charge >= 0.3 is 0 Å². The van der Waals surface area contributed by atoms with Gasteiger partial charge in [-0.3, -0.25) is 0 Å². The van der Waals surface area contributed by atoms with Gasteiger partial charge in [-0.25, -0.2) is 0 Å². The van der Waals surface area contributed by atoms with Crippen LogP contribution in [0.5, 0.6) is 0 Å². The summed E-state index contributed by atoms with van der Waals surface area (Å²) in [5.41, 5.74) is 0. The lowest BCUT2D eigenvalue weighted by atomic mass is 10.1. The monoisotopic (exact) mass is 356 g/mol. The third kappa shape index (κ3) is 19.8. The molecule has 0 saturated heterocycles. The number of hydrogen-bond donors (Lipinski definition) is 0. The molecule has 0 N–H and O–H groups in total. The second-order valence-electron chi connectivity index (χ2n) is 6.76. The van der Waals surface area contributed by atoms with Crippen LogP contribution >= 0.6 is 0 Å². The molecule has 25 heavy (non-hydrogen) atoms. The van der Waals surface area contributed by atoms with Crippen molar-refractivity contribution < 1.29 is 14.2 Å². The van der Waals surface area contributed by atoms with Gasteiger partial charge in [-0.15, -0.1) is 0 Å². The number of allylic oxidation sites excluding steroid dienone is 2. The number of hydrogen-bond acceptors (Lipinski definition) is 3. The van der Waals surface area contributed by atoms with Crippen molar-refractivity contribution in [1.82, 2.24) is 0 Å². The van der Waals surface area contributed by atoms with E-state index in [0.29, 0.717) is 0 Å². The van der Waals surface area contributed by atoms with E-state index in [1.807, 2.05) is 0 Å². The average molecular weight is 357 g/mol. The van der Waals surface area contributed by atoms with Gasteiger partial charge in [-0.05, 0) is 45.4 Å². The lowest BCUT2D eigenvalue weighted by Gasteiger charge is -2.18. The highest BCUT2D eigenvalue weighted by molar-refractivity contribution is 4.76. The molecule has 0 amide bonds. The summed E-state index contributed by atoms with van der Waals surface area (Å²) in [4.78, 5) is 0. The lowest BCUT2D eigenvalue weighted by molar-refractivity contribution is -0.149. The molecule has 0 aliphatic carbocycles. The van der Waals surface area contributed by atoms with E-state index in [9.17, 15) is 0 Å². The summed E-state index contributed by atoms with van der Waals surface area (Å²) in [5, 5.41) is 0. The van der Waals surface area contributed by atoms with Crippen LogP contribution in [-0.2, 0) is 14.2 Å². The van der Waals surface area contributed by atoms with Crippen molar-refractivity contribution in [2.75, 3.05) is 26.4 Å². The fraction of sp³-hybridized carbons (Fsp3) is 0.909. The minimum absolute atomic E-state index is 0.0454. The Bertz CT molecular complexity index is 266. The van der Waals surface area contributed by atoms with Crippen LogP contribution < -0.4 is 0 Å². The molecule has 0 aliphatic rings. The van der Waals surface area contributed by atoms with Crippen LogP contribution in [0.2, 0.25) is 0 Å². The molecule has 0 aliphatic heterocycles. The molecule has 0 heterocycles. The largest absolute Gasteiger partial charge is 0.381 e.